The van der Waals surface area contributed by atoms with Crippen molar-refractivity contribution in [3.8, 4) is 10.6 Å². The maximum absolute atomic E-state index is 12.6. The van der Waals surface area contributed by atoms with Crippen LogP contribution in [0.3, 0.4) is 0 Å². The van der Waals surface area contributed by atoms with Crippen molar-refractivity contribution in [2.24, 2.45) is 0 Å². The molecule has 10 heteroatoms. The number of nitrogens with two attached hydrogens (primary N) is 1. The Balaban J connectivity index is 1.85. The molecule has 3 aromatic rings. The number of nitrogens with zero attached hydrogens (tertiary/aromatic N) is 4. The van der Waals surface area contributed by atoms with E-state index in [1.54, 1.807) is 18.5 Å². The van der Waals surface area contributed by atoms with Crippen LogP contribution in [-0.4, -0.2) is 39.6 Å². The number of hydrogen-bond donors (Lipinski definition) is 1. The van der Waals surface area contributed by atoms with Crippen LogP contribution in [0.1, 0.15) is 5.56 Å². The number of carbonyl (C=O) groups is 1. The normalized spacial score (nSPS) is 13.9. The number of rotatable bonds is 4. The van der Waals surface area contributed by atoms with Gasteiger partial charge in [0.1, 0.15) is 10.8 Å². The smallest absolute Gasteiger partial charge is 0.283 e. The molecule has 0 amide bonds. The van der Waals surface area contributed by atoms with Crippen molar-refractivity contribution in [3.05, 3.63) is 69.7 Å². The van der Waals surface area contributed by atoms with Crippen molar-refractivity contribution in [1.82, 2.24) is 19.6 Å². The lowest BCUT2D eigenvalue weighted by Crippen LogP contribution is -2.17. The molecule has 3 heterocycles. The van der Waals surface area contributed by atoms with E-state index < -0.39 is 5.56 Å². The average Bonchev–Trinajstić information content (AvgIpc) is 3.16. The third-order valence-electron chi connectivity index (χ3n) is 4.19. The van der Waals surface area contributed by atoms with Gasteiger partial charge in [-0.25, -0.2) is 0 Å². The van der Waals surface area contributed by atoms with Gasteiger partial charge in [0.25, 0.3) is 11.3 Å². The van der Waals surface area contributed by atoms with Crippen molar-refractivity contribution in [2.75, 3.05) is 20.0 Å². The lowest BCUT2D eigenvalue weighted by Gasteiger charge is -2.13. The fraction of sp³-hybridized carbons (Fsp3) is 0.105. The second kappa shape index (κ2) is 7.32. The highest BCUT2D eigenvalue weighted by atomic mass is 32.1. The van der Waals surface area contributed by atoms with Gasteiger partial charge in [-0.15, -0.1) is 0 Å². The van der Waals surface area contributed by atoms with Gasteiger partial charge in [0, 0.05) is 18.0 Å². The molecular weight excluding hydrogens is 394 g/mol. The van der Waals surface area contributed by atoms with Gasteiger partial charge in [0.05, 0.1) is 19.8 Å². The number of fused-ring (bicyclic) bond motifs is 1. The Morgan fingerprint density at radius 2 is 1.90 bits per heavy atom. The van der Waals surface area contributed by atoms with E-state index in [1.165, 1.54) is 48.3 Å². The minimum absolute atomic E-state index is 0.0934. The maximum Gasteiger partial charge on any atom is 0.283 e. The SMILES string of the molecule is COC1=CC(=Cc2c(N)n3nc(-c4cccnc4)sc3nc2=O)C=C(OC)C1=O. The summed E-state index contributed by atoms with van der Waals surface area (Å²) in [6.45, 7) is 0. The van der Waals surface area contributed by atoms with Crippen molar-refractivity contribution in [3.63, 3.8) is 0 Å². The number of hydrogen-bond acceptors (Lipinski definition) is 9. The van der Waals surface area contributed by atoms with E-state index >= 15 is 0 Å². The number of nitrogen functional groups attached to an aromatic ring is 1. The van der Waals surface area contributed by atoms with E-state index in [1.807, 2.05) is 6.07 Å². The van der Waals surface area contributed by atoms with Gasteiger partial charge in [-0.3, -0.25) is 14.6 Å². The number of ether oxygens (including phenoxy) is 2. The number of aromatic nitrogens is 4. The van der Waals surface area contributed by atoms with Crippen molar-refractivity contribution >= 4 is 34.0 Å². The molecule has 0 spiro atoms. The Kier molecular flexibility index (Phi) is 4.69. The topological polar surface area (TPSA) is 122 Å². The molecule has 1 aliphatic carbocycles. The molecular formula is C19H15N5O4S. The molecule has 0 bridgehead atoms. The van der Waals surface area contributed by atoms with E-state index in [2.05, 4.69) is 15.1 Å². The fourth-order valence-electron chi connectivity index (χ4n) is 2.77. The molecule has 29 heavy (non-hydrogen) atoms. The Morgan fingerprint density at radius 3 is 2.52 bits per heavy atom. The monoisotopic (exact) mass is 409 g/mol. The molecule has 0 unspecified atom stereocenters. The summed E-state index contributed by atoms with van der Waals surface area (Å²) >= 11 is 1.23. The fourth-order valence-corrected chi connectivity index (χ4v) is 3.66. The van der Waals surface area contributed by atoms with Gasteiger partial charge in [-0.2, -0.15) is 14.6 Å². The van der Waals surface area contributed by atoms with Crippen LogP contribution in [0.5, 0.6) is 0 Å². The molecule has 4 rings (SSSR count). The zero-order valence-electron chi connectivity index (χ0n) is 15.4. The van der Waals surface area contributed by atoms with E-state index in [0.717, 1.165) is 5.56 Å². The maximum atomic E-state index is 12.6. The molecule has 146 valence electrons. The highest BCUT2D eigenvalue weighted by Gasteiger charge is 2.22. The molecule has 0 aliphatic heterocycles. The summed E-state index contributed by atoms with van der Waals surface area (Å²) in [5.41, 5.74) is 7.16. The first-order valence-electron chi connectivity index (χ1n) is 8.39. The third kappa shape index (κ3) is 3.29. The van der Waals surface area contributed by atoms with E-state index in [-0.39, 0.29) is 28.7 Å². The van der Waals surface area contributed by atoms with Gasteiger partial charge >= 0.3 is 0 Å². The van der Waals surface area contributed by atoms with E-state index in [0.29, 0.717) is 15.5 Å². The molecule has 0 saturated heterocycles. The zero-order valence-corrected chi connectivity index (χ0v) is 16.3. The summed E-state index contributed by atoms with van der Waals surface area (Å²) in [6.07, 6.45) is 7.85. The second-order valence-corrected chi connectivity index (χ2v) is 6.91. The first kappa shape index (κ1) is 18.6. The summed E-state index contributed by atoms with van der Waals surface area (Å²) in [5.74, 6) is -0.0618. The van der Waals surface area contributed by atoms with Gasteiger partial charge in [0.15, 0.2) is 11.5 Å². The standard InChI is InChI=1S/C19H15N5O4S/c1-27-13-7-10(8-14(28-2)15(13)25)6-12-16(20)24-19(22-17(12)26)29-18(23-24)11-4-3-5-21-9-11/h3-9H,20H2,1-2H3. The number of ketones is 1. The summed E-state index contributed by atoms with van der Waals surface area (Å²) in [5, 5.41) is 5.09. The molecule has 0 fully saturated rings. The Morgan fingerprint density at radius 1 is 1.17 bits per heavy atom. The van der Waals surface area contributed by atoms with Crippen molar-refractivity contribution in [2.45, 2.75) is 0 Å². The van der Waals surface area contributed by atoms with Crippen LogP contribution in [0.25, 0.3) is 21.6 Å². The highest BCUT2D eigenvalue weighted by Crippen LogP contribution is 2.27. The predicted octanol–water partition coefficient (Wildman–Crippen LogP) is 1.82. The number of anilines is 1. The van der Waals surface area contributed by atoms with Crippen LogP contribution in [0, 0.1) is 0 Å². The first-order chi connectivity index (χ1) is 14.0. The van der Waals surface area contributed by atoms with Crippen molar-refractivity contribution < 1.29 is 14.3 Å². The lowest BCUT2D eigenvalue weighted by molar-refractivity contribution is -0.117. The molecule has 9 nitrogen and oxygen atoms in total. The van der Waals surface area contributed by atoms with Gasteiger partial charge in [0.2, 0.25) is 4.96 Å². The van der Waals surface area contributed by atoms with Gasteiger partial charge in [-0.1, -0.05) is 11.3 Å². The van der Waals surface area contributed by atoms with Crippen LogP contribution in [-0.2, 0) is 14.3 Å². The zero-order chi connectivity index (χ0) is 20.5. The number of carbonyl (C=O) groups excluding carboxylic acids is 1. The highest BCUT2D eigenvalue weighted by molar-refractivity contribution is 7.19. The molecule has 0 saturated carbocycles. The van der Waals surface area contributed by atoms with Crippen LogP contribution in [0.2, 0.25) is 0 Å². The summed E-state index contributed by atoms with van der Waals surface area (Å²) in [6, 6.07) is 3.65. The Bertz CT molecular complexity index is 1240. The molecule has 0 atom stereocenters. The Labute approximate surface area is 168 Å². The molecule has 1 aliphatic rings. The van der Waals surface area contributed by atoms with Crippen LogP contribution in [0.4, 0.5) is 5.82 Å². The quantitative estimate of drug-likeness (QED) is 0.692. The Hall–Kier alpha value is -3.79. The second-order valence-electron chi connectivity index (χ2n) is 5.96. The van der Waals surface area contributed by atoms with Crippen LogP contribution >= 0.6 is 11.3 Å². The van der Waals surface area contributed by atoms with Crippen molar-refractivity contribution in [1.29, 1.82) is 0 Å². The summed E-state index contributed by atoms with van der Waals surface area (Å²) in [4.78, 5) is 33.2. The molecule has 0 aromatic carbocycles. The number of Topliss-reactive ketones (excluding diaryl/α,β-unsaturated/α-hetero) is 1. The molecule has 0 radical (unpaired) electrons. The minimum atomic E-state index is -0.506. The molecule has 2 N–H and O–H groups in total. The number of pyridine rings is 1. The third-order valence-corrected chi connectivity index (χ3v) is 5.15. The average molecular weight is 409 g/mol. The predicted molar refractivity (Wildman–Crippen MR) is 108 cm³/mol. The lowest BCUT2D eigenvalue weighted by atomic mass is 10.0. The van der Waals surface area contributed by atoms with E-state index in [9.17, 15) is 9.59 Å². The summed E-state index contributed by atoms with van der Waals surface area (Å²) < 4.78 is 11.6. The minimum Gasteiger partial charge on any atom is -0.492 e. The van der Waals surface area contributed by atoms with Gasteiger partial charge in [-0.05, 0) is 35.9 Å². The first-order valence-corrected chi connectivity index (χ1v) is 9.21. The van der Waals surface area contributed by atoms with E-state index in [4.69, 9.17) is 15.2 Å². The van der Waals surface area contributed by atoms with Crippen LogP contribution < -0.4 is 11.3 Å². The molecule has 3 aromatic heterocycles. The largest absolute Gasteiger partial charge is 0.492 e. The number of allylic oxidation sites excluding steroid dienone is 3. The number of methoxy groups -OCH3 is 2. The summed E-state index contributed by atoms with van der Waals surface area (Å²) in [7, 11) is 2.76. The van der Waals surface area contributed by atoms with Crippen LogP contribution in [0.15, 0.2) is 58.6 Å². The van der Waals surface area contributed by atoms with Gasteiger partial charge < -0.3 is 15.2 Å².